The Labute approximate surface area is 185 Å². The summed E-state index contributed by atoms with van der Waals surface area (Å²) in [6, 6.07) is 18.1. The Hall–Kier alpha value is -2.47. The van der Waals surface area contributed by atoms with Crippen LogP contribution in [0.1, 0.15) is 55.7 Å². The quantitative estimate of drug-likeness (QED) is 0.633. The zero-order chi connectivity index (χ0) is 20.9. The van der Waals surface area contributed by atoms with Gasteiger partial charge < -0.3 is 5.32 Å². The Bertz CT molecular complexity index is 923. The second-order valence-corrected chi connectivity index (χ2v) is 8.88. The minimum Gasteiger partial charge on any atom is -0.349 e. The summed E-state index contributed by atoms with van der Waals surface area (Å²) in [6.45, 7) is 0.578. The van der Waals surface area contributed by atoms with Crippen LogP contribution in [0.25, 0.3) is 0 Å². The number of halogens is 1. The van der Waals surface area contributed by atoms with Crippen molar-refractivity contribution in [3.63, 3.8) is 0 Å². The predicted octanol–water partition coefficient (Wildman–Crippen LogP) is 4.82. The first-order valence-corrected chi connectivity index (χ1v) is 11.4. The van der Waals surface area contributed by atoms with Crippen molar-refractivity contribution in [2.24, 2.45) is 11.0 Å². The van der Waals surface area contributed by atoms with Gasteiger partial charge in [0.25, 0.3) is 0 Å². The Morgan fingerprint density at radius 2 is 1.80 bits per heavy atom. The molecule has 1 fully saturated rings. The van der Waals surface area contributed by atoms with Gasteiger partial charge in [-0.1, -0.05) is 64.8 Å². The first-order valence-electron chi connectivity index (χ1n) is 10.6. The van der Waals surface area contributed by atoms with E-state index in [1.807, 2.05) is 42.5 Å². The molecule has 30 heavy (non-hydrogen) atoms. The molecule has 1 unspecified atom stereocenters. The zero-order valence-corrected chi connectivity index (χ0v) is 18.5. The van der Waals surface area contributed by atoms with Crippen molar-refractivity contribution in [3.05, 3.63) is 70.2 Å². The monoisotopic (exact) mass is 467 g/mol. The van der Waals surface area contributed by atoms with Crippen molar-refractivity contribution in [3.8, 4) is 0 Å². The Kier molecular flexibility index (Phi) is 6.62. The van der Waals surface area contributed by atoms with Crippen LogP contribution in [0.2, 0.25) is 0 Å². The Morgan fingerprint density at radius 1 is 1.07 bits per heavy atom. The molecule has 1 heterocycles. The molecule has 2 aromatic carbocycles. The van der Waals surface area contributed by atoms with Gasteiger partial charge in [-0.15, -0.1) is 0 Å². The van der Waals surface area contributed by atoms with Crippen molar-refractivity contribution in [2.45, 2.75) is 44.6 Å². The van der Waals surface area contributed by atoms with Gasteiger partial charge in [-0.3, -0.25) is 9.59 Å². The van der Waals surface area contributed by atoms with Crippen molar-refractivity contribution >= 4 is 33.5 Å². The number of nitrogens with one attached hydrogen (secondary N) is 1. The average molecular weight is 468 g/mol. The fraction of sp³-hybridized carbons (Fsp3) is 0.375. The van der Waals surface area contributed by atoms with E-state index in [1.165, 1.54) is 11.4 Å². The summed E-state index contributed by atoms with van der Waals surface area (Å²) in [7, 11) is 0. The lowest BCUT2D eigenvalue weighted by Gasteiger charge is -2.34. The van der Waals surface area contributed by atoms with E-state index in [1.54, 1.807) is 0 Å². The summed E-state index contributed by atoms with van der Waals surface area (Å²) < 4.78 is 1.02. The van der Waals surface area contributed by atoms with Gasteiger partial charge >= 0.3 is 0 Å². The number of benzene rings is 2. The van der Waals surface area contributed by atoms with E-state index in [4.69, 9.17) is 0 Å². The molecule has 1 saturated carbocycles. The van der Waals surface area contributed by atoms with Crippen molar-refractivity contribution < 1.29 is 9.59 Å². The highest BCUT2D eigenvalue weighted by atomic mass is 79.9. The summed E-state index contributed by atoms with van der Waals surface area (Å²) >= 11 is 3.47. The van der Waals surface area contributed by atoms with Crippen LogP contribution in [0.15, 0.2) is 64.2 Å². The molecule has 0 radical (unpaired) electrons. The molecule has 1 N–H and O–H groups in total. The smallest absolute Gasteiger partial charge is 0.243 e. The second kappa shape index (κ2) is 9.56. The van der Waals surface area contributed by atoms with Crippen LogP contribution in [0.3, 0.4) is 0 Å². The molecule has 1 atom stereocenters. The number of rotatable bonds is 7. The maximum Gasteiger partial charge on any atom is 0.243 e. The Morgan fingerprint density at radius 3 is 2.47 bits per heavy atom. The average Bonchev–Trinajstić information content (AvgIpc) is 3.22. The molecular weight excluding hydrogens is 442 g/mol. The van der Waals surface area contributed by atoms with Gasteiger partial charge in [0, 0.05) is 23.7 Å². The summed E-state index contributed by atoms with van der Waals surface area (Å²) in [6.07, 6.45) is 4.58. The largest absolute Gasteiger partial charge is 0.349 e. The lowest BCUT2D eigenvalue weighted by atomic mass is 9.77. The van der Waals surface area contributed by atoms with E-state index in [0.29, 0.717) is 12.5 Å². The van der Waals surface area contributed by atoms with Crippen LogP contribution >= 0.6 is 15.9 Å². The fourth-order valence-electron chi connectivity index (χ4n) is 3.98. The van der Waals surface area contributed by atoms with Crippen LogP contribution in [0, 0.1) is 5.92 Å². The number of carbonyl (C=O) groups excluding carboxylic acids is 2. The molecule has 1 aliphatic heterocycles. The normalized spacial score (nSPS) is 17.2. The summed E-state index contributed by atoms with van der Waals surface area (Å²) in [5.74, 6) is 0.303. The predicted molar refractivity (Wildman–Crippen MR) is 121 cm³/mol. The van der Waals surface area contributed by atoms with Crippen LogP contribution < -0.4 is 5.32 Å². The van der Waals surface area contributed by atoms with Crippen LogP contribution in [-0.4, -0.2) is 29.1 Å². The number of carbonyl (C=O) groups is 2. The van der Waals surface area contributed by atoms with Gasteiger partial charge in [-0.25, -0.2) is 5.01 Å². The first-order chi connectivity index (χ1) is 14.6. The number of hydrazone groups is 1. The van der Waals surface area contributed by atoms with E-state index in [2.05, 4.69) is 38.5 Å². The molecule has 0 aromatic heterocycles. The topological polar surface area (TPSA) is 61.8 Å². The second-order valence-electron chi connectivity index (χ2n) is 7.97. The highest BCUT2D eigenvalue weighted by Crippen LogP contribution is 2.38. The molecule has 2 aromatic rings. The highest BCUT2D eigenvalue weighted by molar-refractivity contribution is 9.10. The summed E-state index contributed by atoms with van der Waals surface area (Å²) in [5.41, 5.74) is 3.09. The highest BCUT2D eigenvalue weighted by Gasteiger charge is 2.30. The number of amides is 2. The molecule has 0 bridgehead atoms. The minimum atomic E-state index is -0.0973. The van der Waals surface area contributed by atoms with E-state index in [9.17, 15) is 9.59 Å². The number of hydrogen-bond acceptors (Lipinski definition) is 3. The standard InChI is InChI=1S/C24H26BrN3O2/c25-20-11-9-19(10-12-20)24(18-7-4-8-18)26-22(29)13-14-23(30)28-16-15-21(27-28)17-5-2-1-3-6-17/h1-3,5-6,9-12,18,24H,4,7-8,13-16H2,(H,26,29). The molecule has 0 spiro atoms. The fourth-order valence-corrected chi connectivity index (χ4v) is 4.25. The number of hydrogen-bond donors (Lipinski definition) is 1. The van der Waals surface area contributed by atoms with Crippen molar-refractivity contribution in [1.29, 1.82) is 0 Å². The third-order valence-corrected chi connectivity index (χ3v) is 6.46. The third kappa shape index (κ3) is 4.98. The maximum absolute atomic E-state index is 12.6. The molecule has 2 aliphatic rings. The first kappa shape index (κ1) is 20.8. The lowest BCUT2D eigenvalue weighted by molar-refractivity contribution is -0.133. The molecule has 4 rings (SSSR count). The molecule has 6 heteroatoms. The summed E-state index contributed by atoms with van der Waals surface area (Å²) in [5, 5.41) is 9.15. The van der Waals surface area contributed by atoms with E-state index < -0.39 is 0 Å². The maximum atomic E-state index is 12.6. The van der Waals surface area contributed by atoms with Gasteiger partial charge in [0.15, 0.2) is 0 Å². The zero-order valence-electron chi connectivity index (χ0n) is 16.9. The van der Waals surface area contributed by atoms with Gasteiger partial charge in [-0.05, 0) is 42.0 Å². The Balaban J connectivity index is 1.32. The van der Waals surface area contributed by atoms with Gasteiger partial charge in [-0.2, -0.15) is 5.10 Å². The molecule has 156 valence electrons. The minimum absolute atomic E-state index is 0.0175. The molecule has 5 nitrogen and oxygen atoms in total. The molecule has 0 saturated heterocycles. The molecule has 2 amide bonds. The van der Waals surface area contributed by atoms with Crippen molar-refractivity contribution in [1.82, 2.24) is 10.3 Å². The van der Waals surface area contributed by atoms with Gasteiger partial charge in [0.1, 0.15) is 0 Å². The van der Waals surface area contributed by atoms with E-state index >= 15 is 0 Å². The molecule has 1 aliphatic carbocycles. The SMILES string of the molecule is O=C(CCC(=O)N1CCC(c2ccccc2)=N1)NC(c1ccc(Br)cc1)C1CCC1. The van der Waals surface area contributed by atoms with Crippen LogP contribution in [0.5, 0.6) is 0 Å². The molecular formula is C24H26BrN3O2. The summed E-state index contributed by atoms with van der Waals surface area (Å²) in [4.78, 5) is 25.2. The van der Waals surface area contributed by atoms with Crippen molar-refractivity contribution in [2.75, 3.05) is 6.54 Å². The third-order valence-electron chi connectivity index (χ3n) is 5.93. The number of nitrogens with zero attached hydrogens (tertiary/aromatic N) is 2. The lowest BCUT2D eigenvalue weighted by Crippen LogP contribution is -2.36. The van der Waals surface area contributed by atoms with Gasteiger partial charge in [0.05, 0.1) is 18.3 Å². The van der Waals surface area contributed by atoms with Crippen LogP contribution in [0.4, 0.5) is 0 Å². The van der Waals surface area contributed by atoms with Crippen LogP contribution in [-0.2, 0) is 9.59 Å². The van der Waals surface area contributed by atoms with Gasteiger partial charge in [0.2, 0.25) is 11.8 Å². The van der Waals surface area contributed by atoms with E-state index in [0.717, 1.165) is 40.6 Å². The van der Waals surface area contributed by atoms with E-state index in [-0.39, 0.29) is 30.7 Å².